The SMILES string of the molecule is COc1ccc(Br)c(CNC(C)(C)c2nccs2)c1. The second-order valence-electron chi connectivity index (χ2n) is 4.77. The maximum atomic E-state index is 5.26. The molecule has 0 radical (unpaired) electrons. The molecule has 0 aliphatic carbocycles. The maximum absolute atomic E-state index is 5.26. The highest BCUT2D eigenvalue weighted by molar-refractivity contribution is 9.10. The van der Waals surface area contributed by atoms with Crippen LogP contribution in [0.4, 0.5) is 0 Å². The van der Waals surface area contributed by atoms with Crippen molar-refractivity contribution in [2.24, 2.45) is 0 Å². The van der Waals surface area contributed by atoms with Crippen LogP contribution in [0.3, 0.4) is 0 Å². The maximum Gasteiger partial charge on any atom is 0.119 e. The molecule has 102 valence electrons. The summed E-state index contributed by atoms with van der Waals surface area (Å²) in [4.78, 5) is 4.38. The molecule has 0 unspecified atom stereocenters. The lowest BCUT2D eigenvalue weighted by atomic mass is 10.1. The van der Waals surface area contributed by atoms with Crippen molar-refractivity contribution in [3.8, 4) is 5.75 Å². The predicted octanol–water partition coefficient (Wildman–Crippen LogP) is 3.94. The summed E-state index contributed by atoms with van der Waals surface area (Å²) in [6.07, 6.45) is 1.84. The minimum atomic E-state index is -0.142. The molecule has 0 aliphatic heterocycles. The van der Waals surface area contributed by atoms with Gasteiger partial charge in [0.2, 0.25) is 0 Å². The molecule has 19 heavy (non-hydrogen) atoms. The Kier molecular flexibility index (Phi) is 4.60. The van der Waals surface area contributed by atoms with Crippen molar-refractivity contribution in [1.29, 1.82) is 0 Å². The number of hydrogen-bond acceptors (Lipinski definition) is 4. The third kappa shape index (κ3) is 3.55. The molecule has 5 heteroatoms. The molecule has 0 fully saturated rings. The number of methoxy groups -OCH3 is 1. The van der Waals surface area contributed by atoms with Crippen LogP contribution in [-0.2, 0) is 12.1 Å². The summed E-state index contributed by atoms with van der Waals surface area (Å²) in [7, 11) is 1.68. The van der Waals surface area contributed by atoms with Crippen molar-refractivity contribution in [2.75, 3.05) is 7.11 Å². The van der Waals surface area contributed by atoms with E-state index in [2.05, 4.69) is 40.1 Å². The van der Waals surface area contributed by atoms with E-state index in [-0.39, 0.29) is 5.54 Å². The topological polar surface area (TPSA) is 34.1 Å². The number of ether oxygens (including phenoxy) is 1. The van der Waals surface area contributed by atoms with Crippen LogP contribution in [0.2, 0.25) is 0 Å². The summed E-state index contributed by atoms with van der Waals surface area (Å²) in [6.45, 7) is 5.03. The van der Waals surface area contributed by atoms with Crippen LogP contribution in [0.5, 0.6) is 5.75 Å². The molecule has 0 aliphatic rings. The molecule has 3 nitrogen and oxygen atoms in total. The van der Waals surface area contributed by atoms with E-state index in [0.717, 1.165) is 21.8 Å². The van der Waals surface area contributed by atoms with Crippen LogP contribution in [0.1, 0.15) is 24.4 Å². The van der Waals surface area contributed by atoms with Crippen LogP contribution in [0, 0.1) is 0 Å². The first kappa shape index (κ1) is 14.5. The average Bonchev–Trinajstić information content (AvgIpc) is 2.92. The number of thiazole rings is 1. The third-order valence-corrected chi connectivity index (χ3v) is 4.81. The van der Waals surface area contributed by atoms with E-state index >= 15 is 0 Å². The van der Waals surface area contributed by atoms with Gasteiger partial charge in [-0.15, -0.1) is 11.3 Å². The van der Waals surface area contributed by atoms with E-state index in [0.29, 0.717) is 0 Å². The van der Waals surface area contributed by atoms with E-state index in [1.54, 1.807) is 18.4 Å². The Balaban J connectivity index is 2.10. The van der Waals surface area contributed by atoms with Crippen LogP contribution in [0.15, 0.2) is 34.2 Å². The molecule has 2 aromatic rings. The monoisotopic (exact) mass is 340 g/mol. The van der Waals surface area contributed by atoms with Gasteiger partial charge in [-0.05, 0) is 37.6 Å². The Labute approximate surface area is 126 Å². The highest BCUT2D eigenvalue weighted by Gasteiger charge is 2.22. The minimum absolute atomic E-state index is 0.142. The molecule has 0 atom stereocenters. The van der Waals surface area contributed by atoms with Crippen molar-refractivity contribution in [2.45, 2.75) is 25.9 Å². The van der Waals surface area contributed by atoms with E-state index in [1.807, 2.05) is 29.8 Å². The van der Waals surface area contributed by atoms with Gasteiger partial charge in [0.1, 0.15) is 10.8 Å². The molecule has 0 amide bonds. The molecular formula is C14H17BrN2OS. The molecule has 0 saturated carbocycles. The normalized spacial score (nSPS) is 11.6. The van der Waals surface area contributed by atoms with E-state index in [4.69, 9.17) is 4.74 Å². The first-order valence-electron chi connectivity index (χ1n) is 6.00. The number of halogens is 1. The molecule has 1 aromatic heterocycles. The summed E-state index contributed by atoms with van der Waals surface area (Å²) < 4.78 is 6.33. The summed E-state index contributed by atoms with van der Waals surface area (Å²) in [5, 5.41) is 6.62. The number of aromatic nitrogens is 1. The zero-order valence-electron chi connectivity index (χ0n) is 11.2. The first-order valence-corrected chi connectivity index (χ1v) is 7.67. The molecule has 2 rings (SSSR count). The lowest BCUT2D eigenvalue weighted by molar-refractivity contribution is 0.395. The summed E-state index contributed by atoms with van der Waals surface area (Å²) in [5.74, 6) is 0.868. The first-order chi connectivity index (χ1) is 9.03. The van der Waals surface area contributed by atoms with Crippen molar-refractivity contribution < 1.29 is 4.74 Å². The quantitative estimate of drug-likeness (QED) is 0.895. The van der Waals surface area contributed by atoms with Crippen LogP contribution >= 0.6 is 27.3 Å². The molecular weight excluding hydrogens is 324 g/mol. The van der Waals surface area contributed by atoms with Crippen LogP contribution in [-0.4, -0.2) is 12.1 Å². The lowest BCUT2D eigenvalue weighted by Gasteiger charge is -2.24. The van der Waals surface area contributed by atoms with Gasteiger partial charge < -0.3 is 10.1 Å². The fourth-order valence-electron chi connectivity index (χ4n) is 1.74. The van der Waals surface area contributed by atoms with Gasteiger partial charge in [-0.2, -0.15) is 0 Å². The average molecular weight is 341 g/mol. The second-order valence-corrected chi connectivity index (χ2v) is 6.52. The summed E-state index contributed by atoms with van der Waals surface area (Å²) in [5.41, 5.74) is 1.03. The van der Waals surface area contributed by atoms with Gasteiger partial charge in [-0.1, -0.05) is 15.9 Å². The van der Waals surface area contributed by atoms with Crippen molar-refractivity contribution >= 4 is 27.3 Å². The number of hydrogen-bond donors (Lipinski definition) is 1. The van der Waals surface area contributed by atoms with Crippen molar-refractivity contribution in [3.05, 3.63) is 44.8 Å². The summed E-state index contributed by atoms with van der Waals surface area (Å²) in [6, 6.07) is 5.99. The standard InChI is InChI=1S/C14H17BrN2OS/c1-14(2,13-16-6-7-19-13)17-9-10-8-11(18-3)4-5-12(10)15/h4-8,17H,9H2,1-3H3. The van der Waals surface area contributed by atoms with Crippen LogP contribution in [0.25, 0.3) is 0 Å². The highest BCUT2D eigenvalue weighted by atomic mass is 79.9. The molecule has 0 saturated heterocycles. The predicted molar refractivity (Wildman–Crippen MR) is 82.7 cm³/mol. The van der Waals surface area contributed by atoms with Gasteiger partial charge >= 0.3 is 0 Å². The smallest absolute Gasteiger partial charge is 0.119 e. The Morgan fingerprint density at radius 1 is 1.42 bits per heavy atom. The number of nitrogens with zero attached hydrogens (tertiary/aromatic N) is 1. The van der Waals surface area contributed by atoms with Crippen LogP contribution < -0.4 is 10.1 Å². The lowest BCUT2D eigenvalue weighted by Crippen LogP contribution is -2.35. The van der Waals surface area contributed by atoms with E-state index in [9.17, 15) is 0 Å². The Bertz CT molecular complexity index is 540. The van der Waals surface area contributed by atoms with Gasteiger partial charge in [0, 0.05) is 22.6 Å². The largest absolute Gasteiger partial charge is 0.497 e. The van der Waals surface area contributed by atoms with Gasteiger partial charge in [0.25, 0.3) is 0 Å². The minimum Gasteiger partial charge on any atom is -0.497 e. The molecule has 0 spiro atoms. The van der Waals surface area contributed by atoms with E-state index in [1.165, 1.54) is 5.56 Å². The van der Waals surface area contributed by atoms with Gasteiger partial charge in [-0.25, -0.2) is 4.98 Å². The zero-order chi connectivity index (χ0) is 13.9. The fraction of sp³-hybridized carbons (Fsp3) is 0.357. The van der Waals surface area contributed by atoms with Crippen molar-refractivity contribution in [1.82, 2.24) is 10.3 Å². The van der Waals surface area contributed by atoms with Gasteiger partial charge in [0.15, 0.2) is 0 Å². The molecule has 0 bridgehead atoms. The molecule has 1 N–H and O–H groups in total. The Hall–Kier alpha value is -0.910. The second kappa shape index (κ2) is 6.03. The summed E-state index contributed by atoms with van der Waals surface area (Å²) >= 11 is 5.23. The number of nitrogens with one attached hydrogen (secondary N) is 1. The molecule has 1 heterocycles. The zero-order valence-corrected chi connectivity index (χ0v) is 13.6. The highest BCUT2D eigenvalue weighted by Crippen LogP contribution is 2.26. The Morgan fingerprint density at radius 2 is 2.21 bits per heavy atom. The molecule has 1 aromatic carbocycles. The Morgan fingerprint density at radius 3 is 2.84 bits per heavy atom. The third-order valence-electron chi connectivity index (χ3n) is 2.94. The number of rotatable bonds is 5. The van der Waals surface area contributed by atoms with Gasteiger partial charge in [-0.3, -0.25) is 0 Å². The number of benzene rings is 1. The fourth-order valence-corrected chi connectivity index (χ4v) is 2.86. The van der Waals surface area contributed by atoms with Gasteiger partial charge in [0.05, 0.1) is 12.6 Å². The van der Waals surface area contributed by atoms with E-state index < -0.39 is 0 Å². The van der Waals surface area contributed by atoms with Crippen molar-refractivity contribution in [3.63, 3.8) is 0 Å².